The minimum atomic E-state index is -0.264. The first-order chi connectivity index (χ1) is 4.33. The van der Waals surface area contributed by atoms with E-state index in [1.54, 1.807) is 0 Å². The maximum atomic E-state index is 11.1. The lowest BCUT2D eigenvalue weighted by atomic mass is 9.77. The number of hydrogen-bond donors (Lipinski definition) is 0. The molecule has 1 spiro atoms. The van der Waals surface area contributed by atoms with Crippen molar-refractivity contribution in [3.05, 3.63) is 0 Å². The molecule has 9 heavy (non-hydrogen) atoms. The lowest BCUT2D eigenvalue weighted by Crippen LogP contribution is -2.42. The highest BCUT2D eigenvalue weighted by atomic mass is 16.5. The highest BCUT2D eigenvalue weighted by Gasteiger charge is 2.47. The second kappa shape index (κ2) is 1.57. The van der Waals surface area contributed by atoms with Crippen molar-refractivity contribution < 1.29 is 9.53 Å². The summed E-state index contributed by atoms with van der Waals surface area (Å²) in [5, 5.41) is 0. The van der Waals surface area contributed by atoms with Crippen molar-refractivity contribution in [1.82, 2.24) is 0 Å². The predicted molar refractivity (Wildman–Crippen MR) is 32.2 cm³/mol. The molecule has 0 aromatic carbocycles. The molecule has 0 bridgehead atoms. The third-order valence-corrected chi connectivity index (χ3v) is 2.38. The number of ether oxygens (including phenoxy) is 1. The van der Waals surface area contributed by atoms with Crippen LogP contribution in [0.3, 0.4) is 0 Å². The zero-order chi connectivity index (χ0) is 6.32. The zero-order valence-electron chi connectivity index (χ0n) is 5.35. The molecule has 1 saturated carbocycles. The van der Waals surface area contributed by atoms with Gasteiger partial charge in [0, 0.05) is 6.42 Å². The third-order valence-electron chi connectivity index (χ3n) is 2.38. The van der Waals surface area contributed by atoms with Crippen molar-refractivity contribution in [3.63, 3.8) is 0 Å². The molecule has 0 unspecified atom stereocenters. The quantitative estimate of drug-likeness (QED) is 0.482. The molecular weight excluding hydrogens is 116 g/mol. The van der Waals surface area contributed by atoms with Gasteiger partial charge in [-0.1, -0.05) is 0 Å². The van der Waals surface area contributed by atoms with Crippen molar-refractivity contribution >= 4 is 5.78 Å². The molecule has 50 valence electrons. The van der Waals surface area contributed by atoms with Gasteiger partial charge in [-0.3, -0.25) is 4.79 Å². The average molecular weight is 126 g/mol. The van der Waals surface area contributed by atoms with E-state index in [1.165, 1.54) is 6.42 Å². The lowest BCUT2D eigenvalue weighted by molar-refractivity contribution is -0.140. The Kier molecular flexibility index (Phi) is 0.943. The largest absolute Gasteiger partial charge is 0.367 e. The lowest BCUT2D eigenvalue weighted by Gasteiger charge is -2.34. The number of rotatable bonds is 0. The Hall–Kier alpha value is -0.370. The van der Waals surface area contributed by atoms with Crippen LogP contribution in [-0.2, 0) is 9.53 Å². The van der Waals surface area contributed by atoms with E-state index >= 15 is 0 Å². The third kappa shape index (κ3) is 0.568. The molecule has 0 aromatic rings. The second-order valence-electron chi connectivity index (χ2n) is 2.87. The van der Waals surface area contributed by atoms with Gasteiger partial charge in [-0.15, -0.1) is 0 Å². The molecular formula is C7H10O2. The van der Waals surface area contributed by atoms with Crippen LogP contribution in [-0.4, -0.2) is 18.0 Å². The summed E-state index contributed by atoms with van der Waals surface area (Å²) in [6.07, 6.45) is 3.78. The fourth-order valence-corrected chi connectivity index (χ4v) is 1.57. The number of carbonyl (C=O) groups is 1. The minimum Gasteiger partial charge on any atom is -0.367 e. The first kappa shape index (κ1) is 5.42. The summed E-state index contributed by atoms with van der Waals surface area (Å²) in [5.74, 6) is 0.341. The van der Waals surface area contributed by atoms with Crippen molar-refractivity contribution in [2.75, 3.05) is 6.61 Å². The Labute approximate surface area is 54.2 Å². The van der Waals surface area contributed by atoms with E-state index in [-0.39, 0.29) is 5.60 Å². The van der Waals surface area contributed by atoms with Crippen molar-refractivity contribution in [3.8, 4) is 0 Å². The monoisotopic (exact) mass is 126 g/mol. The molecule has 1 aliphatic heterocycles. The van der Waals surface area contributed by atoms with E-state index in [0.717, 1.165) is 12.8 Å². The Balaban J connectivity index is 2.17. The van der Waals surface area contributed by atoms with Gasteiger partial charge in [0.05, 0.1) is 6.61 Å². The van der Waals surface area contributed by atoms with Crippen molar-refractivity contribution in [2.45, 2.75) is 31.3 Å². The molecule has 0 aromatic heterocycles. The molecule has 0 radical (unpaired) electrons. The summed E-state index contributed by atoms with van der Waals surface area (Å²) >= 11 is 0. The van der Waals surface area contributed by atoms with E-state index in [4.69, 9.17) is 4.74 Å². The Morgan fingerprint density at radius 3 is 2.44 bits per heavy atom. The van der Waals surface area contributed by atoms with Gasteiger partial charge in [-0.2, -0.15) is 0 Å². The van der Waals surface area contributed by atoms with Crippen LogP contribution in [0.15, 0.2) is 0 Å². The van der Waals surface area contributed by atoms with Crippen LogP contribution in [0.4, 0.5) is 0 Å². The van der Waals surface area contributed by atoms with Crippen LogP contribution in [0.5, 0.6) is 0 Å². The molecule has 2 heteroatoms. The van der Waals surface area contributed by atoms with E-state index in [2.05, 4.69) is 0 Å². The van der Waals surface area contributed by atoms with Crippen LogP contribution in [0.1, 0.15) is 25.7 Å². The first-order valence-electron chi connectivity index (χ1n) is 3.51. The summed E-state index contributed by atoms with van der Waals surface area (Å²) in [6.45, 7) is 0.666. The van der Waals surface area contributed by atoms with Crippen LogP contribution in [0.25, 0.3) is 0 Å². The van der Waals surface area contributed by atoms with Gasteiger partial charge >= 0.3 is 0 Å². The summed E-state index contributed by atoms with van der Waals surface area (Å²) in [6, 6.07) is 0. The van der Waals surface area contributed by atoms with Crippen molar-refractivity contribution in [1.29, 1.82) is 0 Å². The predicted octanol–water partition coefficient (Wildman–Crippen LogP) is 0.898. The average Bonchev–Trinajstić information content (AvgIpc) is 2.07. The standard InChI is InChI=1S/C7H10O2/c8-6-2-5-9-7(6)3-1-4-7/h1-5H2. The van der Waals surface area contributed by atoms with E-state index in [0.29, 0.717) is 18.8 Å². The molecule has 2 nitrogen and oxygen atoms in total. The maximum Gasteiger partial charge on any atom is 0.166 e. The van der Waals surface area contributed by atoms with Gasteiger partial charge in [0.25, 0.3) is 0 Å². The number of ketones is 1. The molecule has 1 heterocycles. The van der Waals surface area contributed by atoms with Gasteiger partial charge < -0.3 is 4.74 Å². The fourth-order valence-electron chi connectivity index (χ4n) is 1.57. The van der Waals surface area contributed by atoms with E-state index < -0.39 is 0 Å². The minimum absolute atomic E-state index is 0.264. The first-order valence-corrected chi connectivity index (χ1v) is 3.51. The molecule has 0 amide bonds. The van der Waals surface area contributed by atoms with Gasteiger partial charge in [-0.05, 0) is 19.3 Å². The van der Waals surface area contributed by atoms with Crippen LogP contribution >= 0.6 is 0 Å². The van der Waals surface area contributed by atoms with E-state index in [1.807, 2.05) is 0 Å². The van der Waals surface area contributed by atoms with Gasteiger partial charge in [0.2, 0.25) is 0 Å². The normalized spacial score (nSPS) is 30.9. The molecule has 2 rings (SSSR count). The summed E-state index contributed by atoms with van der Waals surface area (Å²) < 4.78 is 5.34. The Morgan fingerprint density at radius 1 is 1.44 bits per heavy atom. The van der Waals surface area contributed by atoms with Gasteiger partial charge in [0.1, 0.15) is 5.60 Å². The van der Waals surface area contributed by atoms with Crippen molar-refractivity contribution in [2.24, 2.45) is 0 Å². The molecule has 2 fully saturated rings. The molecule has 2 aliphatic rings. The summed E-state index contributed by atoms with van der Waals surface area (Å²) in [7, 11) is 0. The number of hydrogen-bond acceptors (Lipinski definition) is 2. The topological polar surface area (TPSA) is 26.3 Å². The van der Waals surface area contributed by atoms with Crippen LogP contribution in [0.2, 0.25) is 0 Å². The number of carbonyl (C=O) groups excluding carboxylic acids is 1. The smallest absolute Gasteiger partial charge is 0.166 e. The second-order valence-corrected chi connectivity index (χ2v) is 2.87. The molecule has 1 aliphatic carbocycles. The summed E-state index contributed by atoms with van der Waals surface area (Å²) in [4.78, 5) is 11.1. The summed E-state index contributed by atoms with van der Waals surface area (Å²) in [5.41, 5.74) is -0.264. The number of Topliss-reactive ketones (excluding diaryl/α,β-unsaturated/α-hetero) is 1. The molecule has 1 saturated heterocycles. The van der Waals surface area contributed by atoms with Crippen LogP contribution in [0, 0.1) is 0 Å². The zero-order valence-corrected chi connectivity index (χ0v) is 5.35. The maximum absolute atomic E-state index is 11.1. The fraction of sp³-hybridized carbons (Fsp3) is 0.857. The van der Waals surface area contributed by atoms with E-state index in [9.17, 15) is 4.79 Å². The molecule has 0 N–H and O–H groups in total. The van der Waals surface area contributed by atoms with Gasteiger partial charge in [-0.25, -0.2) is 0 Å². The van der Waals surface area contributed by atoms with Crippen LogP contribution < -0.4 is 0 Å². The molecule has 0 atom stereocenters. The highest BCUT2D eigenvalue weighted by molar-refractivity contribution is 5.89. The van der Waals surface area contributed by atoms with Gasteiger partial charge in [0.15, 0.2) is 5.78 Å². The Bertz CT molecular complexity index is 147. The highest BCUT2D eigenvalue weighted by Crippen LogP contribution is 2.40. The Morgan fingerprint density at radius 2 is 2.22 bits per heavy atom. The SMILES string of the molecule is O=C1CCOC12CCC2.